The summed E-state index contributed by atoms with van der Waals surface area (Å²) in [4.78, 5) is 13.4. The van der Waals surface area contributed by atoms with E-state index in [-0.39, 0.29) is 5.91 Å². The van der Waals surface area contributed by atoms with Gasteiger partial charge in [0, 0.05) is 18.9 Å². The molecule has 0 aromatic heterocycles. The molecule has 82 valence electrons. The first-order valence-corrected chi connectivity index (χ1v) is 5.17. The second-order valence-electron chi connectivity index (χ2n) is 4.11. The summed E-state index contributed by atoms with van der Waals surface area (Å²) < 4.78 is 5.01. The van der Waals surface area contributed by atoms with Gasteiger partial charge in [0.05, 0.1) is 13.2 Å². The molecule has 0 saturated carbocycles. The Morgan fingerprint density at radius 1 is 1.50 bits per heavy atom. The van der Waals surface area contributed by atoms with Gasteiger partial charge in [-0.2, -0.15) is 0 Å². The van der Waals surface area contributed by atoms with Gasteiger partial charge in [-0.15, -0.1) is 0 Å². The summed E-state index contributed by atoms with van der Waals surface area (Å²) in [6, 6.07) is 0. The first-order valence-electron chi connectivity index (χ1n) is 5.17. The second kappa shape index (κ2) is 5.98. The largest absolute Gasteiger partial charge is 0.381 e. The van der Waals surface area contributed by atoms with E-state index in [0.717, 1.165) is 32.7 Å². The van der Waals surface area contributed by atoms with Gasteiger partial charge in [0.2, 0.25) is 5.91 Å². The fourth-order valence-electron chi connectivity index (χ4n) is 1.36. The standard InChI is InChI=1S/C10H20N2O2/c1-12(2)5-3-4-11-10(13)6-9-7-14-8-9/h9H,3-8H2,1-2H3,(H,11,13). The monoisotopic (exact) mass is 200 g/mol. The van der Waals surface area contributed by atoms with Gasteiger partial charge in [-0.1, -0.05) is 0 Å². The highest BCUT2D eigenvalue weighted by molar-refractivity contribution is 5.76. The molecule has 0 aliphatic carbocycles. The van der Waals surface area contributed by atoms with Crippen LogP contribution in [-0.4, -0.2) is 51.2 Å². The lowest BCUT2D eigenvalue weighted by molar-refractivity contribution is -0.126. The summed E-state index contributed by atoms with van der Waals surface area (Å²) in [7, 11) is 4.07. The summed E-state index contributed by atoms with van der Waals surface area (Å²) >= 11 is 0. The summed E-state index contributed by atoms with van der Waals surface area (Å²) in [5.41, 5.74) is 0. The Morgan fingerprint density at radius 3 is 2.71 bits per heavy atom. The maximum absolute atomic E-state index is 11.3. The number of ether oxygens (including phenoxy) is 1. The third kappa shape index (κ3) is 4.58. The van der Waals surface area contributed by atoms with Crippen LogP contribution in [0.1, 0.15) is 12.8 Å². The molecule has 1 amide bonds. The van der Waals surface area contributed by atoms with Crippen molar-refractivity contribution in [3.63, 3.8) is 0 Å². The highest BCUT2D eigenvalue weighted by atomic mass is 16.5. The van der Waals surface area contributed by atoms with E-state index >= 15 is 0 Å². The summed E-state index contributed by atoms with van der Waals surface area (Å²) in [5.74, 6) is 0.626. The number of hydrogen-bond acceptors (Lipinski definition) is 3. The molecular weight excluding hydrogens is 180 g/mol. The predicted octanol–water partition coefficient (Wildman–Crippen LogP) is 0.0908. The molecule has 0 radical (unpaired) electrons. The molecule has 4 nitrogen and oxygen atoms in total. The molecule has 14 heavy (non-hydrogen) atoms. The Hall–Kier alpha value is -0.610. The topological polar surface area (TPSA) is 41.6 Å². The molecule has 4 heteroatoms. The van der Waals surface area contributed by atoms with Gasteiger partial charge in [0.25, 0.3) is 0 Å². The van der Waals surface area contributed by atoms with Gasteiger partial charge >= 0.3 is 0 Å². The van der Waals surface area contributed by atoms with Gasteiger partial charge in [-0.05, 0) is 27.1 Å². The predicted molar refractivity (Wildman–Crippen MR) is 55.1 cm³/mol. The molecule has 1 rings (SSSR count). The number of nitrogens with one attached hydrogen (secondary N) is 1. The first kappa shape index (κ1) is 11.5. The van der Waals surface area contributed by atoms with E-state index in [2.05, 4.69) is 10.2 Å². The SMILES string of the molecule is CN(C)CCCNC(=O)CC1COC1. The van der Waals surface area contributed by atoms with E-state index in [9.17, 15) is 4.79 Å². The zero-order valence-corrected chi connectivity index (χ0v) is 9.08. The second-order valence-corrected chi connectivity index (χ2v) is 4.11. The van der Waals surface area contributed by atoms with Crippen molar-refractivity contribution in [1.82, 2.24) is 10.2 Å². The van der Waals surface area contributed by atoms with Crippen molar-refractivity contribution in [1.29, 1.82) is 0 Å². The van der Waals surface area contributed by atoms with E-state index in [1.54, 1.807) is 0 Å². The minimum Gasteiger partial charge on any atom is -0.381 e. The quantitative estimate of drug-likeness (QED) is 0.618. The van der Waals surface area contributed by atoms with Crippen LogP contribution in [0.5, 0.6) is 0 Å². The lowest BCUT2D eigenvalue weighted by Crippen LogP contribution is -2.35. The molecular formula is C10H20N2O2. The molecule has 0 atom stereocenters. The van der Waals surface area contributed by atoms with Crippen LogP contribution in [0.15, 0.2) is 0 Å². The van der Waals surface area contributed by atoms with E-state index in [4.69, 9.17) is 4.74 Å². The molecule has 1 N–H and O–H groups in total. The minimum atomic E-state index is 0.164. The van der Waals surface area contributed by atoms with Crippen LogP contribution < -0.4 is 5.32 Å². The van der Waals surface area contributed by atoms with Crippen LogP contribution in [0.2, 0.25) is 0 Å². The van der Waals surface area contributed by atoms with Crippen LogP contribution in [0.3, 0.4) is 0 Å². The molecule has 1 fully saturated rings. The van der Waals surface area contributed by atoms with Crippen molar-refractivity contribution in [2.24, 2.45) is 5.92 Å². The fraction of sp³-hybridized carbons (Fsp3) is 0.900. The summed E-state index contributed by atoms with van der Waals surface area (Å²) in [5, 5.41) is 2.92. The zero-order valence-electron chi connectivity index (χ0n) is 9.08. The molecule has 0 bridgehead atoms. The average Bonchev–Trinajstić information content (AvgIpc) is 2.05. The maximum Gasteiger partial charge on any atom is 0.220 e. The van der Waals surface area contributed by atoms with Crippen LogP contribution in [-0.2, 0) is 9.53 Å². The van der Waals surface area contributed by atoms with Crippen LogP contribution in [0.4, 0.5) is 0 Å². The van der Waals surface area contributed by atoms with E-state index < -0.39 is 0 Å². The smallest absolute Gasteiger partial charge is 0.220 e. The lowest BCUT2D eigenvalue weighted by Gasteiger charge is -2.25. The molecule has 0 spiro atoms. The van der Waals surface area contributed by atoms with Gasteiger partial charge in [-0.3, -0.25) is 4.79 Å². The third-order valence-electron chi connectivity index (χ3n) is 2.29. The van der Waals surface area contributed by atoms with Crippen molar-refractivity contribution < 1.29 is 9.53 Å². The van der Waals surface area contributed by atoms with Crippen LogP contribution >= 0.6 is 0 Å². The highest BCUT2D eigenvalue weighted by Gasteiger charge is 2.21. The van der Waals surface area contributed by atoms with E-state index in [1.165, 1.54) is 0 Å². The van der Waals surface area contributed by atoms with Crippen molar-refractivity contribution in [2.75, 3.05) is 40.4 Å². The highest BCUT2D eigenvalue weighted by Crippen LogP contribution is 2.13. The Morgan fingerprint density at radius 2 is 2.21 bits per heavy atom. The molecule has 1 aliphatic heterocycles. The molecule has 0 aromatic rings. The maximum atomic E-state index is 11.3. The first-order chi connectivity index (χ1) is 6.68. The Bertz CT molecular complexity index is 179. The van der Waals surface area contributed by atoms with Crippen molar-refractivity contribution >= 4 is 5.91 Å². The Kier molecular flexibility index (Phi) is 4.90. The number of amides is 1. The van der Waals surface area contributed by atoms with Crippen LogP contribution in [0, 0.1) is 5.92 Å². The molecule has 1 saturated heterocycles. The zero-order chi connectivity index (χ0) is 10.4. The lowest BCUT2D eigenvalue weighted by atomic mass is 10.0. The van der Waals surface area contributed by atoms with Gasteiger partial charge in [0.15, 0.2) is 0 Å². The van der Waals surface area contributed by atoms with Crippen molar-refractivity contribution in [3.8, 4) is 0 Å². The molecule has 1 aliphatic rings. The van der Waals surface area contributed by atoms with Crippen molar-refractivity contribution in [2.45, 2.75) is 12.8 Å². The summed E-state index contributed by atoms with van der Waals surface area (Å²) in [6.07, 6.45) is 1.64. The minimum absolute atomic E-state index is 0.164. The van der Waals surface area contributed by atoms with E-state index in [0.29, 0.717) is 12.3 Å². The van der Waals surface area contributed by atoms with Gasteiger partial charge in [0.1, 0.15) is 0 Å². The Labute approximate surface area is 85.6 Å². The van der Waals surface area contributed by atoms with Gasteiger partial charge < -0.3 is 15.0 Å². The fourth-order valence-corrected chi connectivity index (χ4v) is 1.36. The Balaban J connectivity index is 1.92. The molecule has 0 unspecified atom stereocenters. The molecule has 0 aromatic carbocycles. The number of carbonyl (C=O) groups excluding carboxylic acids is 1. The van der Waals surface area contributed by atoms with Crippen LogP contribution in [0.25, 0.3) is 0 Å². The van der Waals surface area contributed by atoms with Gasteiger partial charge in [-0.25, -0.2) is 0 Å². The van der Waals surface area contributed by atoms with E-state index in [1.807, 2.05) is 14.1 Å². The number of hydrogen-bond donors (Lipinski definition) is 1. The normalized spacial score (nSPS) is 16.8. The average molecular weight is 200 g/mol. The summed E-state index contributed by atoms with van der Waals surface area (Å²) in [6.45, 7) is 3.31. The van der Waals surface area contributed by atoms with Crippen molar-refractivity contribution in [3.05, 3.63) is 0 Å². The molecule has 1 heterocycles. The number of carbonyl (C=O) groups is 1. The number of rotatable bonds is 6. The third-order valence-corrected chi connectivity index (χ3v) is 2.29. The number of nitrogens with zero attached hydrogens (tertiary/aromatic N) is 1.